The number of carbonyl (C=O) groups is 2. The van der Waals surface area contributed by atoms with Crippen molar-refractivity contribution in [3.05, 3.63) is 65.7 Å². The predicted octanol–water partition coefficient (Wildman–Crippen LogP) is 2.96. The fraction of sp³-hybridized carbons (Fsp3) is 0.364. The zero-order valence-corrected chi connectivity index (χ0v) is 15.8. The van der Waals surface area contributed by atoms with Gasteiger partial charge in [-0.25, -0.2) is 0 Å². The molecule has 0 aromatic heterocycles. The lowest BCUT2D eigenvalue weighted by atomic mass is 9.96. The maximum absolute atomic E-state index is 12.4. The summed E-state index contributed by atoms with van der Waals surface area (Å²) in [4.78, 5) is 26.8. The first-order valence-corrected chi connectivity index (χ1v) is 9.51. The molecule has 0 spiro atoms. The van der Waals surface area contributed by atoms with Gasteiger partial charge in [-0.15, -0.1) is 0 Å². The van der Waals surface area contributed by atoms with E-state index in [0.717, 1.165) is 42.7 Å². The van der Waals surface area contributed by atoms with E-state index in [1.165, 1.54) is 0 Å². The summed E-state index contributed by atoms with van der Waals surface area (Å²) < 4.78 is 0. The Kier molecular flexibility index (Phi) is 6.60. The molecule has 1 aliphatic rings. The third kappa shape index (κ3) is 5.66. The largest absolute Gasteiger partial charge is 0.352 e. The minimum Gasteiger partial charge on any atom is -0.352 e. The number of likely N-dealkylation sites (tertiary alicyclic amines) is 1. The van der Waals surface area contributed by atoms with Gasteiger partial charge < -0.3 is 10.6 Å². The number of amides is 2. The number of rotatable bonds is 6. The van der Waals surface area contributed by atoms with Crippen molar-refractivity contribution >= 4 is 17.5 Å². The van der Waals surface area contributed by atoms with Crippen molar-refractivity contribution in [1.29, 1.82) is 0 Å². The molecule has 2 aromatic carbocycles. The molecule has 0 aliphatic carbocycles. The van der Waals surface area contributed by atoms with E-state index in [0.29, 0.717) is 13.1 Å². The topological polar surface area (TPSA) is 61.4 Å². The van der Waals surface area contributed by atoms with E-state index in [1.807, 2.05) is 61.5 Å². The molecule has 2 N–H and O–H groups in total. The average Bonchev–Trinajstić information content (AvgIpc) is 2.69. The Hall–Kier alpha value is -2.66. The van der Waals surface area contributed by atoms with Gasteiger partial charge in [-0.2, -0.15) is 0 Å². The summed E-state index contributed by atoms with van der Waals surface area (Å²) in [6.07, 6.45) is 1.58. The van der Waals surface area contributed by atoms with E-state index >= 15 is 0 Å². The molecule has 3 rings (SSSR count). The Morgan fingerprint density at radius 2 is 1.67 bits per heavy atom. The van der Waals surface area contributed by atoms with Gasteiger partial charge in [-0.1, -0.05) is 48.5 Å². The summed E-state index contributed by atoms with van der Waals surface area (Å²) in [6.45, 7) is 4.45. The molecule has 1 heterocycles. The molecule has 27 heavy (non-hydrogen) atoms. The molecule has 0 saturated carbocycles. The molecule has 2 amide bonds. The predicted molar refractivity (Wildman–Crippen MR) is 107 cm³/mol. The second-order valence-electron chi connectivity index (χ2n) is 7.12. The van der Waals surface area contributed by atoms with E-state index < -0.39 is 0 Å². The standard InChI is InChI=1S/C22H27N3O2/c1-17-7-5-6-10-20(17)24-21(26)16-25-13-11-19(12-14-25)22(27)23-15-18-8-3-2-4-9-18/h2-10,19H,11-16H2,1H3,(H,23,27)(H,24,26). The maximum atomic E-state index is 12.4. The van der Waals surface area contributed by atoms with E-state index in [2.05, 4.69) is 15.5 Å². The second kappa shape index (κ2) is 9.33. The molecule has 0 unspecified atom stereocenters. The highest BCUT2D eigenvalue weighted by molar-refractivity contribution is 5.93. The van der Waals surface area contributed by atoms with Crippen LogP contribution in [-0.2, 0) is 16.1 Å². The minimum atomic E-state index is -0.00345. The maximum Gasteiger partial charge on any atom is 0.238 e. The Morgan fingerprint density at radius 3 is 2.37 bits per heavy atom. The lowest BCUT2D eigenvalue weighted by Crippen LogP contribution is -2.43. The second-order valence-corrected chi connectivity index (χ2v) is 7.12. The molecule has 1 aliphatic heterocycles. The third-order valence-corrected chi connectivity index (χ3v) is 5.05. The molecule has 0 radical (unpaired) electrons. The van der Waals surface area contributed by atoms with Crippen LogP contribution in [0.2, 0.25) is 0 Å². The van der Waals surface area contributed by atoms with Crippen molar-refractivity contribution in [2.24, 2.45) is 5.92 Å². The number of benzene rings is 2. The zero-order chi connectivity index (χ0) is 19.1. The highest BCUT2D eigenvalue weighted by Crippen LogP contribution is 2.18. The van der Waals surface area contributed by atoms with Gasteiger partial charge in [-0.3, -0.25) is 14.5 Å². The highest BCUT2D eigenvalue weighted by Gasteiger charge is 2.25. The summed E-state index contributed by atoms with van der Waals surface area (Å²) in [5.74, 6) is 0.142. The molecule has 142 valence electrons. The van der Waals surface area contributed by atoms with Gasteiger partial charge in [0.2, 0.25) is 11.8 Å². The van der Waals surface area contributed by atoms with E-state index in [4.69, 9.17) is 0 Å². The van der Waals surface area contributed by atoms with Gasteiger partial charge in [0.25, 0.3) is 0 Å². The van der Waals surface area contributed by atoms with Crippen LogP contribution in [0.15, 0.2) is 54.6 Å². The fourth-order valence-electron chi connectivity index (χ4n) is 3.39. The number of carbonyl (C=O) groups excluding carboxylic acids is 2. The van der Waals surface area contributed by atoms with E-state index in [-0.39, 0.29) is 17.7 Å². The Bertz CT molecular complexity index is 768. The van der Waals surface area contributed by atoms with Crippen LogP contribution in [0.3, 0.4) is 0 Å². The molecular formula is C22H27N3O2. The number of anilines is 1. The van der Waals surface area contributed by atoms with Crippen LogP contribution in [0, 0.1) is 12.8 Å². The lowest BCUT2D eigenvalue weighted by molar-refractivity contribution is -0.126. The van der Waals surface area contributed by atoms with Crippen molar-refractivity contribution in [3.8, 4) is 0 Å². The van der Waals surface area contributed by atoms with Crippen molar-refractivity contribution in [3.63, 3.8) is 0 Å². The Labute approximate surface area is 160 Å². The Morgan fingerprint density at radius 1 is 1.00 bits per heavy atom. The highest BCUT2D eigenvalue weighted by atomic mass is 16.2. The van der Waals surface area contributed by atoms with Gasteiger partial charge in [0, 0.05) is 18.2 Å². The SMILES string of the molecule is Cc1ccccc1NC(=O)CN1CCC(C(=O)NCc2ccccc2)CC1. The number of aryl methyl sites for hydroxylation is 1. The van der Waals surface area contributed by atoms with Crippen molar-refractivity contribution < 1.29 is 9.59 Å². The fourth-order valence-corrected chi connectivity index (χ4v) is 3.39. The summed E-state index contributed by atoms with van der Waals surface area (Å²) in [5.41, 5.74) is 3.02. The summed E-state index contributed by atoms with van der Waals surface area (Å²) >= 11 is 0. The van der Waals surface area contributed by atoms with Gasteiger partial charge in [0.15, 0.2) is 0 Å². The molecule has 5 heteroatoms. The molecule has 0 atom stereocenters. The number of piperidine rings is 1. The average molecular weight is 365 g/mol. The number of hydrogen-bond donors (Lipinski definition) is 2. The van der Waals surface area contributed by atoms with Crippen molar-refractivity contribution in [2.75, 3.05) is 25.0 Å². The number of nitrogens with zero attached hydrogens (tertiary/aromatic N) is 1. The van der Waals surface area contributed by atoms with Crippen LogP contribution < -0.4 is 10.6 Å². The quantitative estimate of drug-likeness (QED) is 0.827. The van der Waals surface area contributed by atoms with Crippen molar-refractivity contribution in [2.45, 2.75) is 26.3 Å². The number of nitrogens with one attached hydrogen (secondary N) is 2. The minimum absolute atomic E-state index is 0.00345. The normalized spacial score (nSPS) is 15.3. The molecule has 2 aromatic rings. The summed E-state index contributed by atoms with van der Waals surface area (Å²) in [5, 5.41) is 6.00. The van der Waals surface area contributed by atoms with Crippen molar-refractivity contribution in [1.82, 2.24) is 10.2 Å². The first-order chi connectivity index (χ1) is 13.1. The first kappa shape index (κ1) is 19.1. The smallest absolute Gasteiger partial charge is 0.238 e. The van der Waals surface area contributed by atoms with Gasteiger partial charge in [0.05, 0.1) is 6.54 Å². The molecule has 1 saturated heterocycles. The molecular weight excluding hydrogens is 338 g/mol. The first-order valence-electron chi connectivity index (χ1n) is 9.51. The van der Waals surface area contributed by atoms with Crippen LogP contribution in [-0.4, -0.2) is 36.3 Å². The zero-order valence-electron chi connectivity index (χ0n) is 15.8. The van der Waals surface area contributed by atoms with Crippen LogP contribution in [0.25, 0.3) is 0 Å². The van der Waals surface area contributed by atoms with Crippen LogP contribution in [0.4, 0.5) is 5.69 Å². The van der Waals surface area contributed by atoms with Gasteiger partial charge in [0.1, 0.15) is 0 Å². The van der Waals surface area contributed by atoms with Crippen LogP contribution in [0.1, 0.15) is 24.0 Å². The van der Waals surface area contributed by atoms with Gasteiger partial charge >= 0.3 is 0 Å². The summed E-state index contributed by atoms with van der Waals surface area (Å²) in [7, 11) is 0. The van der Waals surface area contributed by atoms with Crippen LogP contribution >= 0.6 is 0 Å². The van der Waals surface area contributed by atoms with Crippen LogP contribution in [0.5, 0.6) is 0 Å². The van der Waals surface area contributed by atoms with E-state index in [9.17, 15) is 9.59 Å². The Balaban J connectivity index is 1.40. The lowest BCUT2D eigenvalue weighted by Gasteiger charge is -2.30. The number of hydrogen-bond acceptors (Lipinski definition) is 3. The number of para-hydroxylation sites is 1. The molecule has 5 nitrogen and oxygen atoms in total. The molecule has 1 fully saturated rings. The van der Waals surface area contributed by atoms with E-state index in [1.54, 1.807) is 0 Å². The third-order valence-electron chi connectivity index (χ3n) is 5.05. The summed E-state index contributed by atoms with van der Waals surface area (Å²) in [6, 6.07) is 17.7. The monoisotopic (exact) mass is 365 g/mol. The molecule has 0 bridgehead atoms. The van der Waals surface area contributed by atoms with Gasteiger partial charge in [-0.05, 0) is 50.0 Å².